The van der Waals surface area contributed by atoms with Crippen molar-refractivity contribution in [1.29, 1.82) is 0 Å². The summed E-state index contributed by atoms with van der Waals surface area (Å²) in [6, 6.07) is 2.66. The average Bonchev–Trinajstić information content (AvgIpc) is 2.35. The van der Waals surface area contributed by atoms with Gasteiger partial charge in [-0.05, 0) is 50.4 Å². The second kappa shape index (κ2) is 7.40. The van der Waals surface area contributed by atoms with E-state index in [1.54, 1.807) is 6.92 Å². The van der Waals surface area contributed by atoms with Crippen molar-refractivity contribution in [3.05, 3.63) is 21.1 Å². The quantitative estimate of drug-likeness (QED) is 0.622. The molecule has 0 bridgehead atoms. The van der Waals surface area contributed by atoms with Crippen LogP contribution >= 0.6 is 31.9 Å². The second-order valence-corrected chi connectivity index (χ2v) is 9.94. The van der Waals surface area contributed by atoms with Gasteiger partial charge in [-0.1, -0.05) is 6.92 Å². The number of sulfone groups is 1. The molecule has 0 unspecified atom stereocenters. The molecule has 0 saturated carbocycles. The van der Waals surface area contributed by atoms with Crippen LogP contribution in [0.4, 0.5) is 0 Å². The van der Waals surface area contributed by atoms with E-state index in [0.717, 1.165) is 0 Å². The molecule has 1 rings (SSSR count). The summed E-state index contributed by atoms with van der Waals surface area (Å²) in [4.78, 5) is -0.0536. The van der Waals surface area contributed by atoms with Gasteiger partial charge in [0.1, 0.15) is 15.6 Å². The van der Waals surface area contributed by atoms with Gasteiger partial charge >= 0.3 is 0 Å². The molecule has 0 fully saturated rings. The normalized spacial score (nSPS) is 12.4. The number of hydrogen-bond donors (Lipinski definition) is 1. The number of hydrogen-bond acceptors (Lipinski definition) is 5. The molecule has 0 amide bonds. The first-order chi connectivity index (χ1) is 9.57. The lowest BCUT2D eigenvalue weighted by Gasteiger charge is -2.11. The molecule has 10 heteroatoms. The number of primary sulfonamides is 1. The number of benzene rings is 1. The van der Waals surface area contributed by atoms with E-state index >= 15 is 0 Å². The molecule has 0 spiro atoms. The van der Waals surface area contributed by atoms with E-state index in [-0.39, 0.29) is 23.0 Å². The summed E-state index contributed by atoms with van der Waals surface area (Å²) in [5.74, 6) is 0.550. The second-order valence-electron chi connectivity index (χ2n) is 4.20. The van der Waals surface area contributed by atoms with Crippen LogP contribution in [0, 0.1) is 0 Å². The van der Waals surface area contributed by atoms with Crippen LogP contribution in [-0.2, 0) is 19.9 Å². The van der Waals surface area contributed by atoms with Gasteiger partial charge < -0.3 is 4.74 Å². The highest BCUT2D eigenvalue weighted by Gasteiger charge is 2.15. The Balaban J connectivity index is 2.78. The van der Waals surface area contributed by atoms with E-state index < -0.39 is 19.9 Å². The molecule has 0 aromatic heterocycles. The molecule has 0 aliphatic rings. The number of rotatable bonds is 7. The molecular formula is C11H15Br2NO5S2. The Morgan fingerprint density at radius 1 is 1.14 bits per heavy atom. The summed E-state index contributed by atoms with van der Waals surface area (Å²) in [7, 11) is -6.83. The third-order valence-corrected chi connectivity index (χ3v) is 6.45. The van der Waals surface area contributed by atoms with Crippen molar-refractivity contribution in [3.8, 4) is 5.75 Å². The number of sulfonamides is 1. The minimum atomic E-state index is -3.81. The summed E-state index contributed by atoms with van der Waals surface area (Å²) in [5, 5.41) is 5.05. The SMILES string of the molecule is CCS(=O)(=O)CCCOc1c(Br)cc(S(N)(=O)=O)cc1Br. The fourth-order valence-electron chi connectivity index (χ4n) is 1.44. The lowest BCUT2D eigenvalue weighted by atomic mass is 10.3. The van der Waals surface area contributed by atoms with Gasteiger partial charge in [-0.15, -0.1) is 0 Å². The first-order valence-corrected chi connectivity index (χ1v) is 10.9. The average molecular weight is 465 g/mol. The van der Waals surface area contributed by atoms with Crippen LogP contribution in [-0.4, -0.2) is 34.9 Å². The minimum absolute atomic E-state index is 0.0496. The highest BCUT2D eigenvalue weighted by atomic mass is 79.9. The van der Waals surface area contributed by atoms with Crippen molar-refractivity contribution in [1.82, 2.24) is 0 Å². The van der Waals surface area contributed by atoms with Crippen LogP contribution in [0.5, 0.6) is 5.75 Å². The predicted molar refractivity (Wildman–Crippen MR) is 87.7 cm³/mol. The van der Waals surface area contributed by atoms with E-state index in [4.69, 9.17) is 9.88 Å². The monoisotopic (exact) mass is 463 g/mol. The van der Waals surface area contributed by atoms with E-state index in [1.807, 2.05) is 0 Å². The molecule has 6 nitrogen and oxygen atoms in total. The highest BCUT2D eigenvalue weighted by molar-refractivity contribution is 9.11. The van der Waals surface area contributed by atoms with Crippen molar-refractivity contribution >= 4 is 51.7 Å². The van der Waals surface area contributed by atoms with Crippen LogP contribution in [0.15, 0.2) is 26.0 Å². The van der Waals surface area contributed by atoms with Gasteiger partial charge in [-0.2, -0.15) is 0 Å². The third-order valence-electron chi connectivity index (χ3n) is 2.59. The summed E-state index contributed by atoms with van der Waals surface area (Å²) >= 11 is 6.40. The van der Waals surface area contributed by atoms with Crippen LogP contribution in [0.2, 0.25) is 0 Å². The lowest BCUT2D eigenvalue weighted by Crippen LogP contribution is -2.13. The Morgan fingerprint density at radius 2 is 1.67 bits per heavy atom. The van der Waals surface area contributed by atoms with Crippen molar-refractivity contribution in [2.75, 3.05) is 18.1 Å². The summed E-state index contributed by atoms with van der Waals surface area (Å²) in [6.45, 7) is 1.79. The molecule has 0 radical (unpaired) electrons. The van der Waals surface area contributed by atoms with E-state index in [1.165, 1.54) is 12.1 Å². The van der Waals surface area contributed by atoms with E-state index in [9.17, 15) is 16.8 Å². The molecule has 0 heterocycles. The van der Waals surface area contributed by atoms with Crippen molar-refractivity contribution in [2.45, 2.75) is 18.2 Å². The zero-order valence-electron chi connectivity index (χ0n) is 11.2. The minimum Gasteiger partial charge on any atom is -0.491 e. The maximum atomic E-state index is 11.3. The Kier molecular flexibility index (Phi) is 6.66. The van der Waals surface area contributed by atoms with Gasteiger partial charge in [0.15, 0.2) is 0 Å². The Morgan fingerprint density at radius 3 is 2.10 bits per heavy atom. The molecule has 0 aliphatic carbocycles. The first kappa shape index (κ1) is 18.9. The lowest BCUT2D eigenvalue weighted by molar-refractivity contribution is 0.313. The van der Waals surface area contributed by atoms with Crippen LogP contribution in [0.25, 0.3) is 0 Å². The number of halogens is 2. The molecular weight excluding hydrogens is 450 g/mol. The number of nitrogens with two attached hydrogens (primary N) is 1. The zero-order valence-corrected chi connectivity index (χ0v) is 16.0. The molecule has 1 aromatic rings. The molecule has 120 valence electrons. The summed E-state index contributed by atoms with van der Waals surface area (Å²) in [5.41, 5.74) is 0. The Hall–Kier alpha value is -0.160. The largest absolute Gasteiger partial charge is 0.491 e. The van der Waals surface area contributed by atoms with Gasteiger partial charge in [-0.25, -0.2) is 22.0 Å². The molecule has 2 N–H and O–H groups in total. The maximum absolute atomic E-state index is 11.3. The number of ether oxygens (including phenoxy) is 1. The molecule has 1 aromatic carbocycles. The smallest absolute Gasteiger partial charge is 0.238 e. The molecule has 0 saturated heterocycles. The first-order valence-electron chi connectivity index (χ1n) is 5.92. The maximum Gasteiger partial charge on any atom is 0.238 e. The van der Waals surface area contributed by atoms with Crippen LogP contribution < -0.4 is 9.88 Å². The van der Waals surface area contributed by atoms with Crippen molar-refractivity contribution < 1.29 is 21.6 Å². The van der Waals surface area contributed by atoms with Crippen molar-refractivity contribution in [2.24, 2.45) is 5.14 Å². The van der Waals surface area contributed by atoms with Crippen molar-refractivity contribution in [3.63, 3.8) is 0 Å². The fourth-order valence-corrected chi connectivity index (χ4v) is 4.57. The van der Waals surface area contributed by atoms with Gasteiger partial charge in [-0.3, -0.25) is 0 Å². The molecule has 21 heavy (non-hydrogen) atoms. The molecule has 0 atom stereocenters. The van der Waals surface area contributed by atoms with E-state index in [0.29, 0.717) is 21.1 Å². The van der Waals surface area contributed by atoms with Gasteiger partial charge in [0.05, 0.1) is 26.2 Å². The fraction of sp³-hybridized carbons (Fsp3) is 0.455. The summed E-state index contributed by atoms with van der Waals surface area (Å²) < 4.78 is 51.6. The summed E-state index contributed by atoms with van der Waals surface area (Å²) in [6.07, 6.45) is 0.353. The third kappa shape index (κ3) is 5.85. The topological polar surface area (TPSA) is 104 Å². The Bertz CT molecular complexity index is 693. The highest BCUT2D eigenvalue weighted by Crippen LogP contribution is 2.35. The molecule has 0 aliphatic heterocycles. The van der Waals surface area contributed by atoms with Gasteiger partial charge in [0.25, 0.3) is 0 Å². The zero-order chi connectivity index (χ0) is 16.3. The van der Waals surface area contributed by atoms with Gasteiger partial charge in [0.2, 0.25) is 10.0 Å². The van der Waals surface area contributed by atoms with E-state index in [2.05, 4.69) is 31.9 Å². The predicted octanol–water partition coefficient (Wildman–Crippen LogP) is 2.06. The Labute approximate surface area is 141 Å². The van der Waals surface area contributed by atoms with Crippen LogP contribution in [0.1, 0.15) is 13.3 Å². The standard InChI is InChI=1S/C11H15Br2NO5S2/c1-2-20(15,16)5-3-4-19-11-9(12)6-8(7-10(11)13)21(14,17)18/h6-7H,2-5H2,1H3,(H2,14,17,18). The van der Waals surface area contributed by atoms with Gasteiger partial charge in [0, 0.05) is 5.75 Å². The van der Waals surface area contributed by atoms with Crippen LogP contribution in [0.3, 0.4) is 0 Å².